The van der Waals surface area contributed by atoms with E-state index in [2.05, 4.69) is 0 Å². The number of carbonyl (C=O) groups is 1. The van der Waals surface area contributed by atoms with E-state index in [1.807, 2.05) is 36.4 Å². The Bertz CT molecular complexity index is 1020. The third kappa shape index (κ3) is 3.23. The van der Waals surface area contributed by atoms with Gasteiger partial charge in [0.2, 0.25) is 0 Å². The van der Waals surface area contributed by atoms with Gasteiger partial charge in [-0.15, -0.1) is 0 Å². The SMILES string of the molecule is O=C(O)N1CCC23CCCCC2C1Cc1cc([N+](=O)[O-])c(OCc2ccccc2)cc13. The summed E-state index contributed by atoms with van der Waals surface area (Å²) < 4.78 is 5.98. The number of hydrogen-bond donors (Lipinski definition) is 1. The summed E-state index contributed by atoms with van der Waals surface area (Å²) in [6.45, 7) is 0.791. The van der Waals surface area contributed by atoms with E-state index in [1.54, 1.807) is 11.0 Å². The molecule has 3 unspecified atom stereocenters. The highest BCUT2D eigenvalue weighted by Gasteiger charge is 2.55. The summed E-state index contributed by atoms with van der Waals surface area (Å²) in [4.78, 5) is 24.9. The van der Waals surface area contributed by atoms with E-state index in [9.17, 15) is 20.0 Å². The van der Waals surface area contributed by atoms with Crippen LogP contribution < -0.4 is 4.74 Å². The molecule has 1 saturated heterocycles. The highest BCUT2D eigenvalue weighted by molar-refractivity contribution is 5.67. The molecule has 7 heteroatoms. The average Bonchev–Trinajstić information content (AvgIpc) is 2.77. The molecule has 162 valence electrons. The standard InChI is InChI=1S/C24H26N2O5/c27-23(28)25-11-10-24-9-5-4-8-18(24)20(25)12-17-13-21(26(29)30)22(14-19(17)24)31-15-16-6-2-1-3-7-16/h1-3,6-7,13-14,18,20H,4-5,8-12,15H2,(H,27,28). The minimum Gasteiger partial charge on any atom is -0.482 e. The van der Waals surface area contributed by atoms with Gasteiger partial charge in [-0.05, 0) is 54.4 Å². The van der Waals surface area contributed by atoms with Crippen LogP contribution in [-0.2, 0) is 18.4 Å². The van der Waals surface area contributed by atoms with Crippen LogP contribution in [-0.4, -0.2) is 33.6 Å². The first-order valence-corrected chi connectivity index (χ1v) is 11.0. The van der Waals surface area contributed by atoms with E-state index in [1.165, 1.54) is 0 Å². The Kier molecular flexibility index (Phi) is 4.84. The number of nitro benzene ring substituents is 1. The lowest BCUT2D eigenvalue weighted by atomic mass is 9.52. The predicted octanol–water partition coefficient (Wildman–Crippen LogP) is 4.91. The molecule has 5 rings (SSSR count). The minimum absolute atomic E-state index is 0.0414. The number of fused-ring (bicyclic) bond motifs is 1. The van der Waals surface area contributed by atoms with Crippen LogP contribution in [0.3, 0.4) is 0 Å². The number of amides is 1. The van der Waals surface area contributed by atoms with Gasteiger partial charge in [-0.3, -0.25) is 10.1 Å². The summed E-state index contributed by atoms with van der Waals surface area (Å²) in [6, 6.07) is 13.1. The van der Waals surface area contributed by atoms with Crippen molar-refractivity contribution in [2.45, 2.75) is 56.6 Å². The molecule has 2 aromatic carbocycles. The number of ether oxygens (including phenoxy) is 1. The van der Waals surface area contributed by atoms with Gasteiger partial charge in [0.1, 0.15) is 6.61 Å². The van der Waals surface area contributed by atoms with Gasteiger partial charge in [0.15, 0.2) is 5.75 Å². The second-order valence-electron chi connectivity index (χ2n) is 9.01. The van der Waals surface area contributed by atoms with E-state index >= 15 is 0 Å². The molecule has 1 aliphatic heterocycles. The van der Waals surface area contributed by atoms with Crippen molar-refractivity contribution >= 4 is 11.8 Å². The van der Waals surface area contributed by atoms with Crippen molar-refractivity contribution < 1.29 is 19.6 Å². The minimum atomic E-state index is -0.884. The van der Waals surface area contributed by atoms with Gasteiger partial charge < -0.3 is 14.7 Å². The fourth-order valence-corrected chi connectivity index (χ4v) is 6.26. The van der Waals surface area contributed by atoms with E-state index in [-0.39, 0.29) is 29.7 Å². The largest absolute Gasteiger partial charge is 0.482 e. The maximum Gasteiger partial charge on any atom is 0.407 e. The molecule has 3 atom stereocenters. The maximum atomic E-state index is 11.9. The summed E-state index contributed by atoms with van der Waals surface area (Å²) in [5, 5.41) is 21.6. The van der Waals surface area contributed by atoms with Gasteiger partial charge in [0.05, 0.1) is 4.92 Å². The van der Waals surface area contributed by atoms with Crippen LogP contribution in [0, 0.1) is 16.0 Å². The number of carboxylic acid groups (broad SMARTS) is 1. The van der Waals surface area contributed by atoms with E-state index in [0.29, 0.717) is 18.7 Å². The van der Waals surface area contributed by atoms with Crippen LogP contribution in [0.2, 0.25) is 0 Å². The van der Waals surface area contributed by atoms with Crippen LogP contribution in [0.4, 0.5) is 10.5 Å². The average molecular weight is 422 g/mol. The van der Waals surface area contributed by atoms with Crippen molar-refractivity contribution in [3.05, 3.63) is 69.3 Å². The molecule has 1 amide bonds. The lowest BCUT2D eigenvalue weighted by Crippen LogP contribution is -2.62. The highest BCUT2D eigenvalue weighted by Crippen LogP contribution is 2.57. The summed E-state index contributed by atoms with van der Waals surface area (Å²) in [5.41, 5.74) is 2.86. The first kappa shape index (κ1) is 19.8. The zero-order valence-corrected chi connectivity index (χ0v) is 17.3. The smallest absolute Gasteiger partial charge is 0.407 e. The first-order chi connectivity index (χ1) is 15.0. The Morgan fingerprint density at radius 3 is 2.77 bits per heavy atom. The zero-order valence-electron chi connectivity index (χ0n) is 17.3. The molecular weight excluding hydrogens is 396 g/mol. The quantitative estimate of drug-likeness (QED) is 0.558. The number of likely N-dealkylation sites (tertiary alicyclic amines) is 1. The summed E-state index contributed by atoms with van der Waals surface area (Å²) in [6.07, 6.45) is 4.64. The number of rotatable bonds is 4. The number of hydrogen-bond acceptors (Lipinski definition) is 4. The Balaban J connectivity index is 1.57. The van der Waals surface area contributed by atoms with Crippen molar-refractivity contribution in [2.24, 2.45) is 5.92 Å². The predicted molar refractivity (Wildman–Crippen MR) is 114 cm³/mol. The molecule has 2 bridgehead atoms. The third-order valence-corrected chi connectivity index (χ3v) is 7.59. The van der Waals surface area contributed by atoms with Gasteiger partial charge in [-0.2, -0.15) is 0 Å². The molecule has 2 aromatic rings. The van der Waals surface area contributed by atoms with Crippen LogP contribution in [0.25, 0.3) is 0 Å². The van der Waals surface area contributed by atoms with Gasteiger partial charge in [-0.1, -0.05) is 43.2 Å². The molecule has 0 spiro atoms. The number of nitro groups is 1. The molecule has 31 heavy (non-hydrogen) atoms. The summed E-state index contributed by atoms with van der Waals surface area (Å²) in [7, 11) is 0. The van der Waals surface area contributed by atoms with Gasteiger partial charge in [0, 0.05) is 24.1 Å². The lowest BCUT2D eigenvalue weighted by molar-refractivity contribution is -0.386. The van der Waals surface area contributed by atoms with Crippen molar-refractivity contribution in [3.63, 3.8) is 0 Å². The molecule has 1 saturated carbocycles. The number of nitrogens with zero attached hydrogens (tertiary/aromatic N) is 2. The maximum absolute atomic E-state index is 11.9. The Hall–Kier alpha value is -3.09. The molecule has 2 aliphatic carbocycles. The number of benzene rings is 2. The molecule has 1 heterocycles. The second-order valence-corrected chi connectivity index (χ2v) is 9.01. The zero-order chi connectivity index (χ0) is 21.6. The summed E-state index contributed by atoms with van der Waals surface area (Å²) in [5.74, 6) is 0.576. The topological polar surface area (TPSA) is 92.9 Å². The van der Waals surface area contributed by atoms with Gasteiger partial charge >= 0.3 is 11.8 Å². The molecule has 3 aliphatic rings. The highest BCUT2D eigenvalue weighted by atomic mass is 16.6. The van der Waals surface area contributed by atoms with Crippen molar-refractivity contribution in [2.75, 3.05) is 6.54 Å². The molecule has 0 aromatic heterocycles. The molecule has 2 fully saturated rings. The normalized spacial score (nSPS) is 26.5. The molecule has 1 N–H and O–H groups in total. The van der Waals surface area contributed by atoms with Crippen LogP contribution >= 0.6 is 0 Å². The fraction of sp³-hybridized carbons (Fsp3) is 0.458. The number of piperidine rings is 1. The van der Waals surface area contributed by atoms with Crippen molar-refractivity contribution in [3.8, 4) is 5.75 Å². The van der Waals surface area contributed by atoms with E-state index in [4.69, 9.17) is 4.74 Å². The van der Waals surface area contributed by atoms with Crippen molar-refractivity contribution in [1.29, 1.82) is 0 Å². The van der Waals surface area contributed by atoms with Crippen LogP contribution in [0.1, 0.15) is 48.8 Å². The Labute approximate surface area is 180 Å². The first-order valence-electron chi connectivity index (χ1n) is 11.0. The van der Waals surface area contributed by atoms with E-state index in [0.717, 1.165) is 48.8 Å². The second kappa shape index (κ2) is 7.55. The van der Waals surface area contributed by atoms with Gasteiger partial charge in [0.25, 0.3) is 0 Å². The fourth-order valence-electron chi connectivity index (χ4n) is 6.26. The Morgan fingerprint density at radius 1 is 1.23 bits per heavy atom. The van der Waals surface area contributed by atoms with Crippen LogP contribution in [0.15, 0.2) is 42.5 Å². The van der Waals surface area contributed by atoms with Crippen LogP contribution in [0.5, 0.6) is 5.75 Å². The molecule has 0 radical (unpaired) electrons. The summed E-state index contributed by atoms with van der Waals surface area (Å²) >= 11 is 0. The molecular formula is C24H26N2O5. The molecule has 7 nitrogen and oxygen atoms in total. The van der Waals surface area contributed by atoms with Crippen molar-refractivity contribution in [1.82, 2.24) is 4.90 Å². The van der Waals surface area contributed by atoms with Gasteiger partial charge in [-0.25, -0.2) is 4.79 Å². The third-order valence-electron chi connectivity index (χ3n) is 7.59. The Morgan fingerprint density at radius 2 is 2.03 bits per heavy atom. The monoisotopic (exact) mass is 422 g/mol. The van der Waals surface area contributed by atoms with E-state index < -0.39 is 11.0 Å². The lowest BCUT2D eigenvalue weighted by Gasteiger charge is -2.58.